The molecule has 0 spiro atoms. The molecule has 0 unspecified atom stereocenters. The number of aliphatic hydroxyl groups excluding tert-OH is 2. The van der Waals surface area contributed by atoms with E-state index in [1.807, 2.05) is 6.92 Å². The Morgan fingerprint density at radius 2 is 1.58 bits per heavy atom. The van der Waals surface area contributed by atoms with Gasteiger partial charge < -0.3 is 15.5 Å². The minimum absolute atomic E-state index is 0.106. The highest BCUT2D eigenvalue weighted by molar-refractivity contribution is 6.18. The van der Waals surface area contributed by atoms with Crippen LogP contribution in [0.1, 0.15) is 23.6 Å². The summed E-state index contributed by atoms with van der Waals surface area (Å²) in [7, 11) is 0. The lowest BCUT2D eigenvalue weighted by Crippen LogP contribution is -2.48. The molecule has 122 valence electrons. The van der Waals surface area contributed by atoms with Crippen molar-refractivity contribution in [1.82, 2.24) is 5.32 Å². The van der Waals surface area contributed by atoms with Crippen molar-refractivity contribution in [3.63, 3.8) is 0 Å². The van der Waals surface area contributed by atoms with E-state index in [2.05, 4.69) is 59.9 Å². The zero-order valence-electron chi connectivity index (χ0n) is 13.7. The van der Waals surface area contributed by atoms with Crippen molar-refractivity contribution in [2.75, 3.05) is 13.2 Å². The lowest BCUT2D eigenvalue weighted by Gasteiger charge is -2.27. The molecule has 0 heterocycles. The Hall–Kier alpha value is -2.20. The van der Waals surface area contributed by atoms with E-state index < -0.39 is 5.54 Å². The summed E-state index contributed by atoms with van der Waals surface area (Å²) in [5.41, 5.74) is 3.02. The highest BCUT2D eigenvalue weighted by atomic mass is 16.3. The predicted molar refractivity (Wildman–Crippen MR) is 99.8 cm³/mol. The van der Waals surface area contributed by atoms with Crippen LogP contribution in [0.4, 0.5) is 0 Å². The first-order valence-electron chi connectivity index (χ1n) is 8.28. The SMILES string of the molecule is CC(CO)(CO)NCc1c2c3c(cccc3c3ccccc13)C=C2. The van der Waals surface area contributed by atoms with Crippen molar-refractivity contribution in [2.24, 2.45) is 0 Å². The molecule has 3 aromatic rings. The van der Waals surface area contributed by atoms with Crippen LogP contribution in [-0.4, -0.2) is 29.0 Å². The molecule has 3 nitrogen and oxygen atoms in total. The second-order valence-corrected chi connectivity index (χ2v) is 6.77. The number of aliphatic hydroxyl groups is 2. The molecule has 0 amide bonds. The van der Waals surface area contributed by atoms with Crippen LogP contribution >= 0.6 is 0 Å². The lowest BCUT2D eigenvalue weighted by atomic mass is 9.91. The smallest absolute Gasteiger partial charge is 0.0633 e. The van der Waals surface area contributed by atoms with E-state index in [9.17, 15) is 10.2 Å². The number of nitrogens with one attached hydrogen (secondary N) is 1. The summed E-state index contributed by atoms with van der Waals surface area (Å²) >= 11 is 0. The van der Waals surface area contributed by atoms with Crippen molar-refractivity contribution >= 4 is 33.7 Å². The van der Waals surface area contributed by atoms with Gasteiger partial charge in [0.25, 0.3) is 0 Å². The molecule has 1 aliphatic carbocycles. The van der Waals surface area contributed by atoms with Gasteiger partial charge in [-0.25, -0.2) is 0 Å². The fraction of sp³-hybridized carbons (Fsp3) is 0.238. The molecule has 0 radical (unpaired) electrons. The van der Waals surface area contributed by atoms with Crippen molar-refractivity contribution in [1.29, 1.82) is 0 Å². The van der Waals surface area contributed by atoms with Gasteiger partial charge in [0, 0.05) is 6.54 Å². The van der Waals surface area contributed by atoms with Gasteiger partial charge in [-0.3, -0.25) is 0 Å². The van der Waals surface area contributed by atoms with Gasteiger partial charge in [-0.1, -0.05) is 54.6 Å². The minimum Gasteiger partial charge on any atom is -0.394 e. The molecule has 0 bridgehead atoms. The van der Waals surface area contributed by atoms with Crippen molar-refractivity contribution in [3.8, 4) is 0 Å². The molecule has 4 rings (SSSR count). The molecule has 0 aliphatic heterocycles. The molecule has 0 saturated carbocycles. The summed E-state index contributed by atoms with van der Waals surface area (Å²) in [6.45, 7) is 2.22. The Balaban J connectivity index is 1.93. The number of hydrogen-bond donors (Lipinski definition) is 3. The van der Waals surface area contributed by atoms with Gasteiger partial charge in [-0.2, -0.15) is 0 Å². The Morgan fingerprint density at radius 3 is 2.33 bits per heavy atom. The summed E-state index contributed by atoms with van der Waals surface area (Å²) in [6.07, 6.45) is 4.34. The zero-order valence-corrected chi connectivity index (χ0v) is 13.7. The average molecular weight is 319 g/mol. The normalized spacial score (nSPS) is 13.3. The van der Waals surface area contributed by atoms with Gasteiger partial charge in [0.05, 0.1) is 18.8 Å². The third kappa shape index (κ3) is 2.25. The fourth-order valence-corrected chi connectivity index (χ4v) is 3.52. The summed E-state index contributed by atoms with van der Waals surface area (Å²) in [6, 6.07) is 14.9. The molecule has 3 aromatic carbocycles. The number of rotatable bonds is 5. The van der Waals surface area contributed by atoms with Gasteiger partial charge in [-0.05, 0) is 45.2 Å². The lowest BCUT2D eigenvalue weighted by molar-refractivity contribution is 0.103. The Bertz CT molecular complexity index is 955. The number of fused-ring (bicyclic) bond motifs is 2. The van der Waals surface area contributed by atoms with Crippen molar-refractivity contribution < 1.29 is 10.2 Å². The monoisotopic (exact) mass is 319 g/mol. The van der Waals surface area contributed by atoms with Crippen LogP contribution < -0.4 is 5.32 Å². The van der Waals surface area contributed by atoms with Crippen LogP contribution in [-0.2, 0) is 6.54 Å². The van der Waals surface area contributed by atoms with Gasteiger partial charge in [0.1, 0.15) is 0 Å². The third-order valence-corrected chi connectivity index (χ3v) is 5.05. The first-order valence-corrected chi connectivity index (χ1v) is 8.28. The van der Waals surface area contributed by atoms with Crippen LogP contribution in [0.2, 0.25) is 0 Å². The highest BCUT2D eigenvalue weighted by Gasteiger charge is 2.23. The van der Waals surface area contributed by atoms with Crippen LogP contribution in [0.3, 0.4) is 0 Å². The summed E-state index contributed by atoms with van der Waals surface area (Å²) in [5, 5.41) is 27.5. The van der Waals surface area contributed by atoms with E-state index in [0.717, 1.165) is 0 Å². The minimum atomic E-state index is -0.690. The maximum absolute atomic E-state index is 9.55. The third-order valence-electron chi connectivity index (χ3n) is 5.05. The molecule has 1 aliphatic rings. The van der Waals surface area contributed by atoms with Crippen LogP contribution in [0.15, 0.2) is 42.5 Å². The van der Waals surface area contributed by atoms with E-state index >= 15 is 0 Å². The second kappa shape index (κ2) is 5.71. The number of hydrogen-bond acceptors (Lipinski definition) is 3. The maximum Gasteiger partial charge on any atom is 0.0633 e. The van der Waals surface area contributed by atoms with Crippen LogP contribution in [0, 0.1) is 0 Å². The van der Waals surface area contributed by atoms with Crippen LogP contribution in [0.25, 0.3) is 33.7 Å². The first kappa shape index (κ1) is 15.3. The Morgan fingerprint density at radius 1 is 0.875 bits per heavy atom. The topological polar surface area (TPSA) is 52.5 Å². The fourth-order valence-electron chi connectivity index (χ4n) is 3.52. The van der Waals surface area contributed by atoms with Gasteiger partial charge in [-0.15, -0.1) is 0 Å². The van der Waals surface area contributed by atoms with E-state index in [-0.39, 0.29) is 13.2 Å². The highest BCUT2D eigenvalue weighted by Crippen LogP contribution is 2.39. The van der Waals surface area contributed by atoms with E-state index in [0.29, 0.717) is 6.54 Å². The van der Waals surface area contributed by atoms with Gasteiger partial charge >= 0.3 is 0 Å². The van der Waals surface area contributed by atoms with Crippen molar-refractivity contribution in [2.45, 2.75) is 19.0 Å². The quantitative estimate of drug-likeness (QED) is 0.495. The predicted octanol–water partition coefficient (Wildman–Crippen LogP) is 3.31. The molecule has 3 N–H and O–H groups in total. The van der Waals surface area contributed by atoms with E-state index in [1.165, 1.54) is 38.2 Å². The largest absolute Gasteiger partial charge is 0.394 e. The van der Waals surface area contributed by atoms with E-state index in [1.54, 1.807) is 0 Å². The zero-order chi connectivity index (χ0) is 16.7. The Kier molecular flexibility index (Phi) is 3.65. The first-order chi connectivity index (χ1) is 11.7. The molecular formula is C21H21NO2. The second-order valence-electron chi connectivity index (χ2n) is 6.77. The average Bonchev–Trinajstić information content (AvgIpc) is 3.06. The molecule has 0 aromatic heterocycles. The van der Waals surface area contributed by atoms with E-state index in [4.69, 9.17) is 0 Å². The summed E-state index contributed by atoms with van der Waals surface area (Å²) < 4.78 is 0. The Labute approximate surface area is 141 Å². The molecule has 0 saturated heterocycles. The van der Waals surface area contributed by atoms with Gasteiger partial charge in [0.2, 0.25) is 0 Å². The molecule has 24 heavy (non-hydrogen) atoms. The molecule has 0 atom stereocenters. The maximum atomic E-state index is 9.55. The summed E-state index contributed by atoms with van der Waals surface area (Å²) in [4.78, 5) is 0. The molecule has 3 heteroatoms. The van der Waals surface area contributed by atoms with Gasteiger partial charge in [0.15, 0.2) is 0 Å². The number of benzene rings is 3. The van der Waals surface area contributed by atoms with Crippen LogP contribution in [0.5, 0.6) is 0 Å². The molecular weight excluding hydrogens is 298 g/mol. The summed E-state index contributed by atoms with van der Waals surface area (Å²) in [5.74, 6) is 0. The van der Waals surface area contributed by atoms with Crippen molar-refractivity contribution in [3.05, 3.63) is 59.2 Å². The standard InChI is InChI=1S/C21H21NO2/c1-21(12-23,13-24)22-11-19-16-7-3-2-6-15(16)17-8-4-5-14-9-10-18(19)20(14)17/h2-10,22-24H,11-13H2,1H3. The molecule has 0 fully saturated rings.